The van der Waals surface area contributed by atoms with Crippen molar-refractivity contribution in [3.05, 3.63) is 95.8 Å². The number of nitriles is 1. The van der Waals surface area contributed by atoms with E-state index in [0.717, 1.165) is 11.1 Å². The van der Waals surface area contributed by atoms with Crippen molar-refractivity contribution < 1.29 is 17.9 Å². The lowest BCUT2D eigenvalue weighted by Crippen LogP contribution is -2.17. The molecule has 0 atom stereocenters. The van der Waals surface area contributed by atoms with Gasteiger partial charge in [0.25, 0.3) is 10.0 Å². The van der Waals surface area contributed by atoms with E-state index in [-0.39, 0.29) is 35.2 Å². The van der Waals surface area contributed by atoms with E-state index >= 15 is 0 Å². The van der Waals surface area contributed by atoms with Crippen LogP contribution in [0.4, 0.5) is 5.82 Å². The van der Waals surface area contributed by atoms with Crippen LogP contribution in [0.25, 0.3) is 11.1 Å². The summed E-state index contributed by atoms with van der Waals surface area (Å²) in [5, 5.41) is 8.94. The number of rotatable bonds is 9. The van der Waals surface area contributed by atoms with Crippen LogP contribution in [-0.4, -0.2) is 31.6 Å². The van der Waals surface area contributed by atoms with Gasteiger partial charge in [0.1, 0.15) is 25.3 Å². The van der Waals surface area contributed by atoms with E-state index in [1.165, 1.54) is 6.33 Å². The molecule has 1 heterocycles. The number of sulfonamides is 1. The maximum Gasteiger partial charge on any atom is 0.263 e. The summed E-state index contributed by atoms with van der Waals surface area (Å²) < 4.78 is 40.9. The monoisotopic (exact) mass is 542 g/mol. The first kappa shape index (κ1) is 27.6. The fraction of sp³-hybridized carbons (Fsp3) is 0.233. The lowest BCUT2D eigenvalue weighted by molar-refractivity contribution is 0.212. The van der Waals surface area contributed by atoms with Crippen LogP contribution in [0.1, 0.15) is 37.5 Å². The summed E-state index contributed by atoms with van der Waals surface area (Å²) in [6.45, 7) is 8.54. The fourth-order valence-electron chi connectivity index (χ4n) is 3.78. The van der Waals surface area contributed by atoms with Gasteiger partial charge in [0.2, 0.25) is 5.88 Å². The molecule has 3 aromatic carbocycles. The Kier molecular flexibility index (Phi) is 8.17. The second-order valence-corrected chi connectivity index (χ2v) is 11.7. The first-order chi connectivity index (χ1) is 18.6. The Bertz CT molecular complexity index is 1570. The molecule has 0 aliphatic heterocycles. The fourth-order valence-corrected chi connectivity index (χ4v) is 4.80. The van der Waals surface area contributed by atoms with Gasteiger partial charge in [-0.05, 0) is 59.9 Å². The largest absolute Gasteiger partial charge is 0.490 e. The summed E-state index contributed by atoms with van der Waals surface area (Å²) in [5.74, 6) is 0.930. The van der Waals surface area contributed by atoms with Gasteiger partial charge >= 0.3 is 0 Å². The van der Waals surface area contributed by atoms with Gasteiger partial charge in [-0.3, -0.25) is 4.72 Å². The van der Waals surface area contributed by atoms with Crippen molar-refractivity contribution in [2.75, 3.05) is 17.9 Å². The molecule has 8 nitrogen and oxygen atoms in total. The maximum absolute atomic E-state index is 13.3. The molecule has 0 aliphatic rings. The lowest BCUT2D eigenvalue weighted by atomic mass is 9.87. The molecular weight excluding hydrogens is 512 g/mol. The van der Waals surface area contributed by atoms with Crippen molar-refractivity contribution in [2.24, 2.45) is 0 Å². The van der Waals surface area contributed by atoms with Crippen LogP contribution in [0, 0.1) is 18.3 Å². The molecule has 0 saturated carbocycles. The summed E-state index contributed by atoms with van der Waals surface area (Å²) in [6.07, 6.45) is 1.26. The van der Waals surface area contributed by atoms with E-state index in [1.807, 2.05) is 43.3 Å². The first-order valence-corrected chi connectivity index (χ1v) is 13.9. The quantitative estimate of drug-likeness (QED) is 0.263. The average molecular weight is 543 g/mol. The highest BCUT2D eigenvalue weighted by atomic mass is 32.2. The van der Waals surface area contributed by atoms with Gasteiger partial charge < -0.3 is 9.47 Å². The van der Waals surface area contributed by atoms with Crippen LogP contribution in [-0.2, 0) is 15.4 Å². The number of nitrogens with one attached hydrogen (secondary N) is 1. The van der Waals surface area contributed by atoms with Gasteiger partial charge in [-0.15, -0.1) is 0 Å². The number of aryl methyl sites for hydroxylation is 1. The summed E-state index contributed by atoms with van der Waals surface area (Å²) in [7, 11) is -3.94. The molecule has 1 N–H and O–H groups in total. The summed E-state index contributed by atoms with van der Waals surface area (Å²) in [6, 6.07) is 23.2. The van der Waals surface area contributed by atoms with E-state index < -0.39 is 10.0 Å². The number of aromatic nitrogens is 2. The first-order valence-electron chi connectivity index (χ1n) is 12.4. The lowest BCUT2D eigenvalue weighted by Gasteiger charge is -2.19. The van der Waals surface area contributed by atoms with Crippen molar-refractivity contribution >= 4 is 15.8 Å². The third-order valence-corrected chi connectivity index (χ3v) is 7.34. The van der Waals surface area contributed by atoms with Crippen LogP contribution in [0.5, 0.6) is 11.6 Å². The predicted molar refractivity (Wildman–Crippen MR) is 150 cm³/mol. The Morgan fingerprint density at radius 3 is 2.13 bits per heavy atom. The maximum atomic E-state index is 13.3. The van der Waals surface area contributed by atoms with Crippen molar-refractivity contribution in [1.82, 2.24) is 9.97 Å². The molecule has 200 valence electrons. The molecule has 4 rings (SSSR count). The molecule has 0 aliphatic carbocycles. The minimum absolute atomic E-state index is 0.100. The minimum atomic E-state index is -3.94. The number of ether oxygens (including phenoxy) is 2. The van der Waals surface area contributed by atoms with Gasteiger partial charge in [0, 0.05) is 0 Å². The molecule has 4 aromatic rings. The minimum Gasteiger partial charge on any atom is -0.490 e. The SMILES string of the molecule is Cc1ccc(-c2c(NS(=O)(=O)c3ccc(C(C)(C)C)cc3)ncnc2OCCOc2ccc(C#N)cc2)cc1. The Hall–Kier alpha value is -4.42. The average Bonchev–Trinajstić information content (AvgIpc) is 2.91. The van der Waals surface area contributed by atoms with E-state index in [4.69, 9.17) is 14.7 Å². The third-order valence-electron chi connectivity index (χ3n) is 5.99. The summed E-state index contributed by atoms with van der Waals surface area (Å²) in [4.78, 5) is 8.67. The molecule has 39 heavy (non-hydrogen) atoms. The molecule has 0 radical (unpaired) electrons. The molecule has 0 fully saturated rings. The van der Waals surface area contributed by atoms with Gasteiger partial charge in [0.05, 0.1) is 22.1 Å². The second-order valence-electron chi connectivity index (χ2n) is 9.98. The van der Waals surface area contributed by atoms with E-state index in [0.29, 0.717) is 22.4 Å². The van der Waals surface area contributed by atoms with Crippen molar-refractivity contribution in [3.63, 3.8) is 0 Å². The normalized spacial score (nSPS) is 11.5. The van der Waals surface area contributed by atoms with Gasteiger partial charge in [-0.2, -0.15) is 5.26 Å². The number of nitrogens with zero attached hydrogens (tertiary/aromatic N) is 3. The number of hydrogen-bond acceptors (Lipinski definition) is 7. The zero-order valence-corrected chi connectivity index (χ0v) is 23.1. The van der Waals surface area contributed by atoms with Crippen molar-refractivity contribution in [3.8, 4) is 28.8 Å². The standard InChI is InChI=1S/C30H30N4O4S/c1-21-5-9-23(10-6-21)27-28(34-39(35,36)26-15-11-24(12-16-26)30(2,3)4)32-20-33-29(27)38-18-17-37-25-13-7-22(19-31)8-14-25/h5-16,20H,17-18H2,1-4H3,(H,32,33,34). The van der Waals surface area contributed by atoms with Crippen LogP contribution in [0.3, 0.4) is 0 Å². The smallest absolute Gasteiger partial charge is 0.263 e. The molecule has 0 amide bonds. The Morgan fingerprint density at radius 2 is 1.51 bits per heavy atom. The molecule has 0 saturated heterocycles. The van der Waals surface area contributed by atoms with Crippen LogP contribution in [0.15, 0.2) is 84.0 Å². The van der Waals surface area contributed by atoms with Crippen LogP contribution >= 0.6 is 0 Å². The molecule has 0 spiro atoms. The van der Waals surface area contributed by atoms with E-state index in [1.54, 1.807) is 36.4 Å². The topological polar surface area (TPSA) is 114 Å². The highest BCUT2D eigenvalue weighted by Crippen LogP contribution is 2.35. The van der Waals surface area contributed by atoms with E-state index in [2.05, 4.69) is 41.5 Å². The van der Waals surface area contributed by atoms with Crippen molar-refractivity contribution in [1.29, 1.82) is 5.26 Å². The highest BCUT2D eigenvalue weighted by Gasteiger charge is 2.22. The third kappa shape index (κ3) is 6.92. The Morgan fingerprint density at radius 1 is 0.872 bits per heavy atom. The summed E-state index contributed by atoms with van der Waals surface area (Å²) in [5.41, 5.74) is 3.65. The Labute approximate surface area is 229 Å². The number of anilines is 1. The molecule has 9 heteroatoms. The van der Waals surface area contributed by atoms with Gasteiger partial charge in [-0.1, -0.05) is 62.7 Å². The molecule has 1 aromatic heterocycles. The number of benzene rings is 3. The van der Waals surface area contributed by atoms with Crippen LogP contribution < -0.4 is 14.2 Å². The van der Waals surface area contributed by atoms with Crippen LogP contribution in [0.2, 0.25) is 0 Å². The zero-order valence-electron chi connectivity index (χ0n) is 22.3. The molecular formula is C30H30N4O4S. The molecule has 0 bridgehead atoms. The Balaban J connectivity index is 1.58. The number of hydrogen-bond donors (Lipinski definition) is 1. The highest BCUT2D eigenvalue weighted by molar-refractivity contribution is 7.92. The van der Waals surface area contributed by atoms with Gasteiger partial charge in [0.15, 0.2) is 5.82 Å². The van der Waals surface area contributed by atoms with Crippen molar-refractivity contribution in [2.45, 2.75) is 38.0 Å². The van der Waals surface area contributed by atoms with E-state index in [9.17, 15) is 8.42 Å². The molecule has 0 unspecified atom stereocenters. The zero-order chi connectivity index (χ0) is 28.0. The summed E-state index contributed by atoms with van der Waals surface area (Å²) >= 11 is 0. The predicted octanol–water partition coefficient (Wildman–Crippen LogP) is 5.88. The second kappa shape index (κ2) is 11.5. The van der Waals surface area contributed by atoms with Gasteiger partial charge in [-0.25, -0.2) is 18.4 Å².